The molecule has 19 heavy (non-hydrogen) atoms. The summed E-state index contributed by atoms with van der Waals surface area (Å²) in [6.45, 7) is 2.38. The molecule has 2 rings (SSSR count). The van der Waals surface area contributed by atoms with Crippen molar-refractivity contribution in [2.24, 2.45) is 5.41 Å². The van der Waals surface area contributed by atoms with Crippen LogP contribution in [0.1, 0.15) is 44.1 Å². The van der Waals surface area contributed by atoms with E-state index in [2.05, 4.69) is 15.9 Å². The summed E-state index contributed by atoms with van der Waals surface area (Å²) in [6, 6.07) is 5.34. The Labute approximate surface area is 123 Å². The van der Waals surface area contributed by atoms with E-state index in [1.807, 2.05) is 6.07 Å². The summed E-state index contributed by atoms with van der Waals surface area (Å²) in [4.78, 5) is 0. The maximum Gasteiger partial charge on any atom is 0.167 e. The molecule has 0 bridgehead atoms. The van der Waals surface area contributed by atoms with Crippen LogP contribution in [0.3, 0.4) is 0 Å². The van der Waals surface area contributed by atoms with E-state index in [1.165, 1.54) is 38.5 Å². The normalized spacial score (nSPS) is 18.9. The monoisotopic (exact) mass is 328 g/mol. The van der Waals surface area contributed by atoms with Crippen molar-refractivity contribution < 1.29 is 9.13 Å². The van der Waals surface area contributed by atoms with Crippen molar-refractivity contribution in [3.8, 4) is 5.75 Å². The van der Waals surface area contributed by atoms with Crippen LogP contribution in [0, 0.1) is 18.2 Å². The van der Waals surface area contributed by atoms with Gasteiger partial charge in [-0.2, -0.15) is 0 Å². The third-order valence-corrected chi connectivity index (χ3v) is 5.33. The summed E-state index contributed by atoms with van der Waals surface area (Å²) in [7, 11) is 0. The Kier molecular flexibility index (Phi) is 5.26. The second-order valence-corrected chi connectivity index (χ2v) is 6.28. The number of ether oxygens (including phenoxy) is 1. The lowest BCUT2D eigenvalue weighted by Gasteiger charge is -2.30. The first-order valence-corrected chi connectivity index (χ1v) is 8.23. The number of aryl methyl sites for hydroxylation is 1. The van der Waals surface area contributed by atoms with Gasteiger partial charge in [-0.1, -0.05) is 53.7 Å². The number of hydrogen-bond donors (Lipinski definition) is 0. The van der Waals surface area contributed by atoms with Crippen molar-refractivity contribution in [2.45, 2.75) is 45.4 Å². The summed E-state index contributed by atoms with van der Waals surface area (Å²) in [5.41, 5.74) is 0.818. The highest BCUT2D eigenvalue weighted by Gasteiger charge is 2.31. The van der Waals surface area contributed by atoms with E-state index >= 15 is 0 Å². The van der Waals surface area contributed by atoms with Gasteiger partial charge in [-0.15, -0.1) is 0 Å². The van der Waals surface area contributed by atoms with E-state index in [0.29, 0.717) is 17.9 Å². The van der Waals surface area contributed by atoms with Gasteiger partial charge in [0.2, 0.25) is 0 Å². The molecule has 1 aliphatic carbocycles. The fourth-order valence-corrected chi connectivity index (χ4v) is 3.48. The Morgan fingerprint density at radius 1 is 1.21 bits per heavy atom. The standard InChI is InChI=1S/C16H22BrFO/c1-13-7-6-8-14(15(13)18)19-12-16(11-17)9-4-2-3-5-10-16/h6-8H,2-5,9-12H2,1H3. The molecule has 1 nitrogen and oxygen atoms in total. The Bertz CT molecular complexity index is 411. The topological polar surface area (TPSA) is 9.23 Å². The summed E-state index contributed by atoms with van der Waals surface area (Å²) in [6.07, 6.45) is 7.48. The van der Waals surface area contributed by atoms with Gasteiger partial charge >= 0.3 is 0 Å². The average molecular weight is 329 g/mol. The van der Waals surface area contributed by atoms with Gasteiger partial charge in [0.1, 0.15) is 0 Å². The molecule has 1 fully saturated rings. The molecule has 106 valence electrons. The van der Waals surface area contributed by atoms with Crippen molar-refractivity contribution in [1.82, 2.24) is 0 Å². The van der Waals surface area contributed by atoms with Crippen LogP contribution in [0.25, 0.3) is 0 Å². The molecule has 0 unspecified atom stereocenters. The number of rotatable bonds is 4. The minimum Gasteiger partial charge on any atom is -0.490 e. The minimum atomic E-state index is -0.221. The van der Waals surface area contributed by atoms with Gasteiger partial charge in [-0.3, -0.25) is 0 Å². The predicted molar refractivity (Wildman–Crippen MR) is 80.6 cm³/mol. The van der Waals surface area contributed by atoms with Gasteiger partial charge in [-0.25, -0.2) is 4.39 Å². The van der Waals surface area contributed by atoms with Gasteiger partial charge in [0.05, 0.1) is 6.61 Å². The molecule has 1 aromatic carbocycles. The smallest absolute Gasteiger partial charge is 0.167 e. The molecule has 3 heteroatoms. The second-order valence-electron chi connectivity index (χ2n) is 5.72. The van der Waals surface area contributed by atoms with E-state index in [-0.39, 0.29) is 11.2 Å². The highest BCUT2D eigenvalue weighted by molar-refractivity contribution is 9.09. The highest BCUT2D eigenvalue weighted by Crippen LogP contribution is 2.37. The molecule has 1 saturated carbocycles. The first-order chi connectivity index (χ1) is 9.17. The van der Waals surface area contributed by atoms with E-state index in [9.17, 15) is 4.39 Å². The SMILES string of the molecule is Cc1cccc(OCC2(CBr)CCCCCC2)c1F. The summed E-state index contributed by atoms with van der Waals surface area (Å²) in [5, 5.41) is 0.938. The van der Waals surface area contributed by atoms with Crippen molar-refractivity contribution >= 4 is 15.9 Å². The molecule has 0 saturated heterocycles. The van der Waals surface area contributed by atoms with Crippen LogP contribution in [0.5, 0.6) is 5.75 Å². The summed E-state index contributed by atoms with van der Waals surface area (Å²) >= 11 is 3.64. The lowest BCUT2D eigenvalue weighted by Crippen LogP contribution is -2.30. The number of benzene rings is 1. The first-order valence-electron chi connectivity index (χ1n) is 7.11. The Hall–Kier alpha value is -0.570. The molecule has 0 spiro atoms. The summed E-state index contributed by atoms with van der Waals surface area (Å²) < 4.78 is 19.7. The van der Waals surface area contributed by atoms with Crippen LogP contribution < -0.4 is 4.74 Å². The van der Waals surface area contributed by atoms with Gasteiger partial charge in [0, 0.05) is 10.7 Å². The van der Waals surface area contributed by atoms with Crippen molar-refractivity contribution in [1.29, 1.82) is 0 Å². The van der Waals surface area contributed by atoms with E-state index in [4.69, 9.17) is 4.74 Å². The third kappa shape index (κ3) is 3.71. The zero-order valence-corrected chi connectivity index (χ0v) is 13.1. The predicted octanol–water partition coefficient (Wildman–Crippen LogP) is 5.25. The highest BCUT2D eigenvalue weighted by atomic mass is 79.9. The molecule has 0 radical (unpaired) electrons. The molecule has 0 aromatic heterocycles. The Morgan fingerprint density at radius 3 is 2.53 bits per heavy atom. The van der Waals surface area contributed by atoms with E-state index in [1.54, 1.807) is 19.1 Å². The van der Waals surface area contributed by atoms with E-state index in [0.717, 1.165) is 5.33 Å². The Balaban J connectivity index is 2.04. The molecule has 1 aromatic rings. The van der Waals surface area contributed by atoms with Gasteiger partial charge in [0.25, 0.3) is 0 Å². The molecule has 0 N–H and O–H groups in total. The molecule has 0 atom stereocenters. The molecule has 1 aliphatic rings. The molecule has 0 heterocycles. The average Bonchev–Trinajstić information content (AvgIpc) is 2.67. The number of hydrogen-bond acceptors (Lipinski definition) is 1. The van der Waals surface area contributed by atoms with E-state index < -0.39 is 0 Å². The summed E-state index contributed by atoms with van der Waals surface area (Å²) in [5.74, 6) is 0.172. The first kappa shape index (κ1) is 14.8. The van der Waals surface area contributed by atoms with Crippen molar-refractivity contribution in [2.75, 3.05) is 11.9 Å². The van der Waals surface area contributed by atoms with Crippen molar-refractivity contribution in [3.63, 3.8) is 0 Å². The van der Waals surface area contributed by atoms with Gasteiger partial charge in [0.15, 0.2) is 11.6 Å². The van der Waals surface area contributed by atoms with Crippen LogP contribution in [-0.2, 0) is 0 Å². The van der Waals surface area contributed by atoms with Crippen LogP contribution in [0.4, 0.5) is 4.39 Å². The second kappa shape index (κ2) is 6.74. The zero-order valence-electron chi connectivity index (χ0n) is 11.6. The molecule has 0 aliphatic heterocycles. The minimum absolute atomic E-state index is 0.173. The van der Waals surface area contributed by atoms with Crippen LogP contribution in [0.2, 0.25) is 0 Å². The van der Waals surface area contributed by atoms with Gasteiger partial charge in [-0.05, 0) is 31.4 Å². The number of alkyl halides is 1. The third-order valence-electron chi connectivity index (χ3n) is 4.14. The number of halogens is 2. The lowest BCUT2D eigenvalue weighted by atomic mass is 9.83. The molecular weight excluding hydrogens is 307 g/mol. The maximum absolute atomic E-state index is 13.9. The Morgan fingerprint density at radius 2 is 1.89 bits per heavy atom. The molecular formula is C16H22BrFO. The quantitative estimate of drug-likeness (QED) is 0.542. The maximum atomic E-state index is 13.9. The van der Waals surface area contributed by atoms with Crippen LogP contribution >= 0.6 is 15.9 Å². The van der Waals surface area contributed by atoms with Crippen LogP contribution in [0.15, 0.2) is 18.2 Å². The fraction of sp³-hybridized carbons (Fsp3) is 0.625. The lowest BCUT2D eigenvalue weighted by molar-refractivity contribution is 0.144. The zero-order chi connectivity index (χ0) is 13.7. The largest absolute Gasteiger partial charge is 0.490 e. The van der Waals surface area contributed by atoms with Crippen LogP contribution in [-0.4, -0.2) is 11.9 Å². The van der Waals surface area contributed by atoms with Crippen molar-refractivity contribution in [3.05, 3.63) is 29.6 Å². The fourth-order valence-electron chi connectivity index (χ4n) is 2.76. The molecule has 0 amide bonds. The van der Waals surface area contributed by atoms with Gasteiger partial charge < -0.3 is 4.74 Å².